The standard InChI is InChI=1S/C24H25F2N7O2/c1-24(2,23(34)35)12-32-10-15-6-13(7-16(15)11-32)14-8-17(21(27)28-9-14)22-29-30-31-33(22)19-5-3-4-18(25)20(19)26/h3-6,8-9,15-16H,7,10-12H2,1-2H3,(H2,27,28)(H,34,35)/t15-,16+/m1/s1. The number of likely N-dealkylation sites (tertiary alicyclic amines) is 1. The van der Waals surface area contributed by atoms with E-state index < -0.39 is 23.0 Å². The maximum atomic E-state index is 14.4. The molecule has 3 heterocycles. The number of halogens is 2. The minimum absolute atomic E-state index is 0.131. The molecule has 11 heteroatoms. The molecule has 1 aliphatic carbocycles. The summed E-state index contributed by atoms with van der Waals surface area (Å²) in [4.78, 5) is 18.0. The molecular formula is C24H25F2N7O2. The first-order valence-electron chi connectivity index (χ1n) is 11.3. The van der Waals surface area contributed by atoms with Crippen molar-refractivity contribution in [1.29, 1.82) is 0 Å². The van der Waals surface area contributed by atoms with E-state index in [0.29, 0.717) is 23.9 Å². The lowest BCUT2D eigenvalue weighted by atomic mass is 9.93. The van der Waals surface area contributed by atoms with Gasteiger partial charge in [0.15, 0.2) is 17.5 Å². The maximum absolute atomic E-state index is 14.4. The van der Waals surface area contributed by atoms with Crippen molar-refractivity contribution in [2.24, 2.45) is 17.3 Å². The van der Waals surface area contributed by atoms with Gasteiger partial charge in [0.05, 0.1) is 11.0 Å². The second-order valence-corrected chi connectivity index (χ2v) is 9.85. The van der Waals surface area contributed by atoms with Gasteiger partial charge in [0.1, 0.15) is 11.5 Å². The van der Waals surface area contributed by atoms with Gasteiger partial charge in [0.25, 0.3) is 0 Å². The molecule has 2 aliphatic rings. The number of aliphatic carboxylic acids is 1. The molecule has 2 atom stereocenters. The molecule has 0 unspecified atom stereocenters. The molecule has 0 radical (unpaired) electrons. The number of nitrogens with two attached hydrogens (primary N) is 1. The van der Waals surface area contributed by atoms with E-state index in [9.17, 15) is 18.7 Å². The number of rotatable bonds is 6. The van der Waals surface area contributed by atoms with Crippen molar-refractivity contribution < 1.29 is 18.7 Å². The van der Waals surface area contributed by atoms with Crippen molar-refractivity contribution in [1.82, 2.24) is 30.1 Å². The number of carboxylic acid groups (broad SMARTS) is 1. The van der Waals surface area contributed by atoms with Gasteiger partial charge in [-0.25, -0.2) is 13.8 Å². The van der Waals surface area contributed by atoms with Crippen LogP contribution in [0.15, 0.2) is 36.5 Å². The summed E-state index contributed by atoms with van der Waals surface area (Å²) < 4.78 is 29.3. The summed E-state index contributed by atoms with van der Waals surface area (Å²) >= 11 is 0. The van der Waals surface area contributed by atoms with Crippen molar-refractivity contribution in [3.63, 3.8) is 0 Å². The van der Waals surface area contributed by atoms with Crippen LogP contribution in [-0.4, -0.2) is 60.8 Å². The van der Waals surface area contributed by atoms with Gasteiger partial charge in [0, 0.05) is 25.8 Å². The second kappa shape index (κ2) is 8.49. The molecule has 5 rings (SSSR count). The highest BCUT2D eigenvalue weighted by molar-refractivity contribution is 5.77. The quantitative estimate of drug-likeness (QED) is 0.551. The number of fused-ring (bicyclic) bond motifs is 1. The summed E-state index contributed by atoms with van der Waals surface area (Å²) in [6.45, 7) is 5.63. The fourth-order valence-corrected chi connectivity index (χ4v) is 4.98. The smallest absolute Gasteiger partial charge is 0.310 e. The van der Waals surface area contributed by atoms with Crippen molar-refractivity contribution in [2.45, 2.75) is 20.3 Å². The van der Waals surface area contributed by atoms with Crippen LogP contribution in [0.4, 0.5) is 14.6 Å². The summed E-state index contributed by atoms with van der Waals surface area (Å²) in [5.74, 6) is -1.83. The largest absolute Gasteiger partial charge is 0.481 e. The zero-order valence-corrected chi connectivity index (χ0v) is 19.3. The molecule has 0 saturated carbocycles. The predicted molar refractivity (Wildman–Crippen MR) is 124 cm³/mol. The predicted octanol–water partition coefficient (Wildman–Crippen LogP) is 3.03. The molecule has 0 amide bonds. The van der Waals surface area contributed by atoms with Crippen LogP contribution >= 0.6 is 0 Å². The summed E-state index contributed by atoms with van der Waals surface area (Å²) in [7, 11) is 0. The average molecular weight is 482 g/mol. The second-order valence-electron chi connectivity index (χ2n) is 9.85. The zero-order chi connectivity index (χ0) is 24.9. The number of benzene rings is 1. The summed E-state index contributed by atoms with van der Waals surface area (Å²) in [6.07, 6.45) is 4.72. The lowest BCUT2D eigenvalue weighted by Gasteiger charge is -2.26. The zero-order valence-electron chi connectivity index (χ0n) is 19.3. The number of tetrazole rings is 1. The number of pyridine rings is 1. The molecule has 182 valence electrons. The van der Waals surface area contributed by atoms with E-state index in [4.69, 9.17) is 5.73 Å². The van der Waals surface area contributed by atoms with Crippen molar-refractivity contribution >= 4 is 17.4 Å². The summed E-state index contributed by atoms with van der Waals surface area (Å²) in [5, 5.41) is 20.9. The first-order valence-corrected chi connectivity index (χ1v) is 11.3. The first-order chi connectivity index (χ1) is 16.6. The molecule has 1 aliphatic heterocycles. The third-order valence-corrected chi connectivity index (χ3v) is 6.82. The van der Waals surface area contributed by atoms with Gasteiger partial charge in [0.2, 0.25) is 0 Å². The molecular weight excluding hydrogens is 456 g/mol. The summed E-state index contributed by atoms with van der Waals surface area (Å²) in [6, 6.07) is 5.59. The van der Waals surface area contributed by atoms with Gasteiger partial charge in [-0.1, -0.05) is 12.1 Å². The molecule has 1 saturated heterocycles. The van der Waals surface area contributed by atoms with Gasteiger partial charge in [-0.05, 0) is 71.9 Å². The van der Waals surface area contributed by atoms with Crippen LogP contribution in [0.2, 0.25) is 0 Å². The number of aromatic nitrogens is 5. The van der Waals surface area contributed by atoms with Crippen LogP contribution in [0.3, 0.4) is 0 Å². The Balaban J connectivity index is 1.41. The highest BCUT2D eigenvalue weighted by Gasteiger charge is 2.40. The minimum Gasteiger partial charge on any atom is -0.481 e. The van der Waals surface area contributed by atoms with E-state index in [0.717, 1.165) is 41.4 Å². The van der Waals surface area contributed by atoms with Gasteiger partial charge in [-0.15, -0.1) is 5.10 Å². The van der Waals surface area contributed by atoms with Crippen LogP contribution < -0.4 is 5.73 Å². The molecule has 9 nitrogen and oxygen atoms in total. The number of allylic oxidation sites excluding steroid dienone is 1. The van der Waals surface area contributed by atoms with Crippen molar-refractivity contribution in [3.05, 3.63) is 53.7 Å². The van der Waals surface area contributed by atoms with Crippen LogP contribution in [-0.2, 0) is 4.79 Å². The highest BCUT2D eigenvalue weighted by atomic mass is 19.2. The van der Waals surface area contributed by atoms with Gasteiger partial charge in [-0.3, -0.25) is 4.79 Å². The molecule has 3 aromatic rings. The lowest BCUT2D eigenvalue weighted by molar-refractivity contribution is -0.147. The Labute approximate surface area is 200 Å². The maximum Gasteiger partial charge on any atom is 0.310 e. The molecule has 0 bridgehead atoms. The van der Waals surface area contributed by atoms with Gasteiger partial charge in [-0.2, -0.15) is 4.68 Å². The Bertz CT molecular complexity index is 1340. The number of nitrogens with zero attached hydrogens (tertiary/aromatic N) is 6. The molecule has 2 aromatic heterocycles. The molecule has 1 aromatic carbocycles. The number of carboxylic acids is 1. The Morgan fingerprint density at radius 2 is 2.09 bits per heavy atom. The van der Waals surface area contributed by atoms with Crippen LogP contribution in [0.5, 0.6) is 0 Å². The third-order valence-electron chi connectivity index (χ3n) is 6.82. The number of hydrogen-bond donors (Lipinski definition) is 2. The van der Waals surface area contributed by atoms with Gasteiger partial charge < -0.3 is 15.7 Å². The monoisotopic (exact) mass is 481 g/mol. The van der Waals surface area contributed by atoms with E-state index in [2.05, 4.69) is 31.5 Å². The average Bonchev–Trinajstić information content (AvgIpc) is 3.51. The highest BCUT2D eigenvalue weighted by Crippen LogP contribution is 2.42. The van der Waals surface area contributed by atoms with Crippen LogP contribution in [0.25, 0.3) is 22.6 Å². The van der Waals surface area contributed by atoms with E-state index in [1.54, 1.807) is 20.0 Å². The van der Waals surface area contributed by atoms with E-state index in [1.807, 2.05) is 6.07 Å². The number of carbonyl (C=O) groups is 1. The Morgan fingerprint density at radius 1 is 1.29 bits per heavy atom. The van der Waals surface area contributed by atoms with Crippen LogP contribution in [0.1, 0.15) is 25.8 Å². The minimum atomic E-state index is -1.06. The summed E-state index contributed by atoms with van der Waals surface area (Å²) in [5.41, 5.74) is 7.58. The molecule has 35 heavy (non-hydrogen) atoms. The number of nitrogen functional groups attached to an aromatic ring is 1. The third kappa shape index (κ3) is 4.16. The van der Waals surface area contributed by atoms with E-state index in [1.165, 1.54) is 12.1 Å². The first kappa shape index (κ1) is 23.0. The fraction of sp³-hybridized carbons (Fsp3) is 0.375. The fourth-order valence-electron chi connectivity index (χ4n) is 4.98. The van der Waals surface area contributed by atoms with E-state index in [-0.39, 0.29) is 17.3 Å². The topological polar surface area (TPSA) is 123 Å². The molecule has 3 N–H and O–H groups in total. The van der Waals surface area contributed by atoms with Crippen molar-refractivity contribution in [3.8, 4) is 17.1 Å². The normalized spacial score (nSPS) is 20.2. The number of anilines is 1. The lowest BCUT2D eigenvalue weighted by Crippen LogP contribution is -2.38. The van der Waals surface area contributed by atoms with Crippen molar-refractivity contribution in [2.75, 3.05) is 25.4 Å². The molecule has 1 fully saturated rings. The van der Waals surface area contributed by atoms with E-state index >= 15 is 0 Å². The Kier molecular flexibility index (Phi) is 5.59. The number of hydrogen-bond acceptors (Lipinski definition) is 7. The SMILES string of the molecule is CC(C)(CN1C[C@@H]2CC(c3cnc(N)c(-c4nnnn4-c4cccc(F)c4F)c3)=C[C@@H]2C1)C(=O)O. The molecule has 0 spiro atoms. The Hall–Kier alpha value is -3.73. The van der Waals surface area contributed by atoms with Gasteiger partial charge >= 0.3 is 5.97 Å². The van der Waals surface area contributed by atoms with Crippen LogP contribution in [0, 0.1) is 28.9 Å². The Morgan fingerprint density at radius 3 is 2.83 bits per heavy atom.